The van der Waals surface area contributed by atoms with Gasteiger partial charge in [-0.05, 0) is 14.1 Å². The van der Waals surface area contributed by atoms with Crippen LogP contribution in [0.2, 0.25) is 0 Å². The lowest BCUT2D eigenvalue weighted by Crippen LogP contribution is -2.17. The Labute approximate surface area is 46.5 Å². The van der Waals surface area contributed by atoms with E-state index < -0.39 is 0 Å². The van der Waals surface area contributed by atoms with Crippen LogP contribution in [-0.4, -0.2) is 40.8 Å². The van der Waals surface area contributed by atoms with Gasteiger partial charge in [0.05, 0.1) is 14.5 Å². The molecular weight excluding hydrogens is 87.7 g/mol. The van der Waals surface area contributed by atoms with Gasteiger partial charge in [-0.1, -0.05) is 0 Å². The van der Waals surface area contributed by atoms with Crippen LogP contribution in [-0.2, 0) is 4.65 Å². The van der Waals surface area contributed by atoms with E-state index in [4.69, 9.17) is 7.74 Å². The predicted octanol–water partition coefficient (Wildman–Crippen LogP) is -0.775. The topological polar surface area (TPSA) is 12.5 Å². The lowest BCUT2D eigenvalue weighted by atomic mass is 9.72. The molecular formula is C3H8B2NO. The van der Waals surface area contributed by atoms with Crippen molar-refractivity contribution >= 4 is 15.1 Å². The Morgan fingerprint density at radius 3 is 2.43 bits per heavy atom. The largest absolute Gasteiger partial charge is 0.440 e. The summed E-state index contributed by atoms with van der Waals surface area (Å²) in [5.41, 5.74) is 0. The Kier molecular flexibility index (Phi) is 4.25. The Balaban J connectivity index is 2.68. The Morgan fingerprint density at radius 2 is 2.29 bits per heavy atom. The number of hydrogen-bond acceptors (Lipinski definition) is 2. The summed E-state index contributed by atoms with van der Waals surface area (Å²) in [6, 6.07) is 0. The van der Waals surface area contributed by atoms with Gasteiger partial charge < -0.3 is 4.65 Å². The fraction of sp³-hybridized carbons (Fsp3) is 1.00. The Bertz CT molecular complexity index is 41.9. The summed E-state index contributed by atoms with van der Waals surface area (Å²) >= 11 is 0. The maximum absolute atomic E-state index is 4.90. The SMILES string of the molecule is [B][B]OCN(C)C. The maximum atomic E-state index is 4.90. The second-order valence-corrected chi connectivity index (χ2v) is 1.51. The summed E-state index contributed by atoms with van der Waals surface area (Å²) in [5, 5.41) is 0. The van der Waals surface area contributed by atoms with Gasteiger partial charge in [-0.15, -0.1) is 0 Å². The number of hydrogen-bond donors (Lipinski definition) is 0. The van der Waals surface area contributed by atoms with E-state index in [1.54, 1.807) is 0 Å². The van der Waals surface area contributed by atoms with Crippen molar-refractivity contribution in [3.8, 4) is 0 Å². The molecule has 0 aromatic heterocycles. The van der Waals surface area contributed by atoms with Gasteiger partial charge in [0.25, 0.3) is 0 Å². The van der Waals surface area contributed by atoms with Crippen LogP contribution in [0.5, 0.6) is 0 Å². The van der Waals surface area contributed by atoms with Gasteiger partial charge in [0, 0.05) is 0 Å². The molecule has 0 aliphatic carbocycles. The van der Waals surface area contributed by atoms with Crippen LogP contribution in [0.4, 0.5) is 0 Å². The molecule has 0 heterocycles. The summed E-state index contributed by atoms with van der Waals surface area (Å²) in [6.45, 7) is 0.552. The van der Waals surface area contributed by atoms with Crippen molar-refractivity contribution in [2.24, 2.45) is 0 Å². The van der Waals surface area contributed by atoms with Gasteiger partial charge in [0.2, 0.25) is 7.37 Å². The maximum Gasteiger partial charge on any atom is 0.232 e. The van der Waals surface area contributed by atoms with Crippen molar-refractivity contribution in [2.45, 2.75) is 0 Å². The van der Waals surface area contributed by atoms with Crippen molar-refractivity contribution in [3.63, 3.8) is 0 Å². The highest BCUT2D eigenvalue weighted by Crippen LogP contribution is 1.70. The van der Waals surface area contributed by atoms with E-state index in [9.17, 15) is 0 Å². The standard InChI is InChI=1S/C3H8B2NO/c1-6(2)3-7-5-4/h3H2,1-2H3. The lowest BCUT2D eigenvalue weighted by Gasteiger charge is -2.07. The van der Waals surface area contributed by atoms with Gasteiger partial charge >= 0.3 is 0 Å². The molecule has 0 saturated heterocycles. The van der Waals surface area contributed by atoms with Gasteiger partial charge in [-0.2, -0.15) is 0 Å². The first-order valence-electron chi connectivity index (χ1n) is 2.07. The molecule has 0 aromatic rings. The first kappa shape index (κ1) is 7.05. The average Bonchev–Trinajstić information content (AvgIpc) is 1.61. The molecule has 2 nitrogen and oxygen atoms in total. The van der Waals surface area contributed by atoms with Crippen molar-refractivity contribution < 1.29 is 4.65 Å². The van der Waals surface area contributed by atoms with Crippen LogP contribution in [0.3, 0.4) is 0 Å². The first-order valence-corrected chi connectivity index (χ1v) is 2.07. The molecule has 0 atom stereocenters. The number of nitrogens with zero attached hydrogens (tertiary/aromatic N) is 1. The van der Waals surface area contributed by atoms with E-state index in [0.717, 1.165) is 0 Å². The third-order valence-electron chi connectivity index (χ3n) is 0.429. The molecule has 0 unspecified atom stereocenters. The fourth-order valence-electron chi connectivity index (χ4n) is 0.192. The quantitative estimate of drug-likeness (QED) is 0.337. The minimum atomic E-state index is 0.552. The van der Waals surface area contributed by atoms with E-state index in [2.05, 4.69) is 4.65 Å². The van der Waals surface area contributed by atoms with Crippen LogP contribution < -0.4 is 0 Å². The number of rotatable bonds is 3. The molecule has 0 rings (SSSR count). The second-order valence-electron chi connectivity index (χ2n) is 1.51. The molecule has 0 aliphatic heterocycles. The predicted molar refractivity (Wildman–Crippen MR) is 31.1 cm³/mol. The smallest absolute Gasteiger partial charge is 0.232 e. The molecule has 4 heteroatoms. The van der Waals surface area contributed by atoms with Gasteiger partial charge in [-0.25, -0.2) is 0 Å². The summed E-state index contributed by atoms with van der Waals surface area (Å²) in [5.74, 6) is 0. The zero-order chi connectivity index (χ0) is 5.70. The zero-order valence-electron chi connectivity index (χ0n) is 4.72. The Morgan fingerprint density at radius 1 is 1.71 bits per heavy atom. The fourth-order valence-corrected chi connectivity index (χ4v) is 0.192. The van der Waals surface area contributed by atoms with Crippen molar-refractivity contribution in [3.05, 3.63) is 0 Å². The van der Waals surface area contributed by atoms with Crippen molar-refractivity contribution in [1.82, 2.24) is 4.90 Å². The lowest BCUT2D eigenvalue weighted by molar-refractivity contribution is 0.191. The first-order chi connectivity index (χ1) is 3.27. The highest BCUT2D eigenvalue weighted by Gasteiger charge is 1.83. The second kappa shape index (κ2) is 4.22. The molecule has 0 aliphatic rings. The summed E-state index contributed by atoms with van der Waals surface area (Å²) < 4.78 is 4.67. The molecule has 0 amide bonds. The van der Waals surface area contributed by atoms with Crippen LogP contribution in [0, 0.1) is 0 Å². The molecule has 7 heavy (non-hydrogen) atoms. The summed E-state index contributed by atoms with van der Waals surface area (Å²) in [6.07, 6.45) is 0. The molecule has 0 fully saturated rings. The molecule has 0 N–H and O–H groups in total. The normalized spacial score (nSPS) is 9.57. The van der Waals surface area contributed by atoms with Crippen LogP contribution in [0.25, 0.3) is 0 Å². The average molecular weight is 95.7 g/mol. The zero-order valence-corrected chi connectivity index (χ0v) is 4.72. The van der Waals surface area contributed by atoms with Crippen LogP contribution in [0.1, 0.15) is 0 Å². The van der Waals surface area contributed by atoms with E-state index in [1.165, 1.54) is 7.37 Å². The Hall–Kier alpha value is 0.0499. The van der Waals surface area contributed by atoms with Crippen molar-refractivity contribution in [2.75, 3.05) is 20.8 Å². The van der Waals surface area contributed by atoms with Gasteiger partial charge in [-0.3, -0.25) is 4.90 Å². The van der Waals surface area contributed by atoms with Gasteiger partial charge in [0.15, 0.2) is 0 Å². The highest BCUT2D eigenvalue weighted by molar-refractivity contribution is 6.85. The van der Waals surface area contributed by atoms with E-state index >= 15 is 0 Å². The van der Waals surface area contributed by atoms with Crippen LogP contribution in [0.15, 0.2) is 0 Å². The van der Waals surface area contributed by atoms with E-state index in [1.807, 2.05) is 19.0 Å². The summed E-state index contributed by atoms with van der Waals surface area (Å²) in [7, 11) is 9.90. The molecule has 37 valence electrons. The van der Waals surface area contributed by atoms with E-state index in [-0.39, 0.29) is 0 Å². The minimum Gasteiger partial charge on any atom is -0.440 e. The van der Waals surface area contributed by atoms with Gasteiger partial charge in [0.1, 0.15) is 0 Å². The molecule has 3 radical (unpaired) electrons. The highest BCUT2D eigenvalue weighted by atomic mass is 16.4. The van der Waals surface area contributed by atoms with Crippen LogP contribution >= 0.6 is 0 Å². The third kappa shape index (κ3) is 6.05. The molecule has 0 spiro atoms. The third-order valence-corrected chi connectivity index (χ3v) is 0.429. The van der Waals surface area contributed by atoms with Crippen molar-refractivity contribution in [1.29, 1.82) is 0 Å². The molecule has 0 bridgehead atoms. The molecule has 0 saturated carbocycles. The molecule has 0 aromatic carbocycles. The van der Waals surface area contributed by atoms with E-state index in [0.29, 0.717) is 6.73 Å². The summed E-state index contributed by atoms with van der Waals surface area (Å²) in [4.78, 5) is 1.88. The monoisotopic (exact) mass is 96.1 g/mol. The minimum absolute atomic E-state index is 0.552.